The molecule has 1 nitrogen and oxygen atoms in total. The van der Waals surface area contributed by atoms with Crippen LogP contribution in [0, 0.1) is 40.4 Å². The fraction of sp³-hybridized carbons (Fsp3) is 1.00. The van der Waals surface area contributed by atoms with Crippen molar-refractivity contribution in [2.24, 2.45) is 40.4 Å². The van der Waals surface area contributed by atoms with Crippen molar-refractivity contribution in [2.75, 3.05) is 0 Å². The molecule has 8 atom stereocenters. The molecule has 1 N–H and O–H groups in total. The minimum absolute atomic E-state index is 0.00308. The van der Waals surface area contributed by atoms with E-state index in [0.717, 1.165) is 42.4 Å². The molecule has 0 radical (unpaired) electrons. The lowest BCUT2D eigenvalue weighted by Crippen LogP contribution is -2.53. The topological polar surface area (TPSA) is 20.2 Å². The fourth-order valence-corrected chi connectivity index (χ4v) is 8.99. The van der Waals surface area contributed by atoms with Gasteiger partial charge in [0.25, 0.3) is 0 Å². The summed E-state index contributed by atoms with van der Waals surface area (Å²) < 4.78 is 0. The lowest BCUT2D eigenvalue weighted by molar-refractivity contribution is -0.127. The second kappa shape index (κ2) is 8.60. The van der Waals surface area contributed by atoms with Gasteiger partial charge in [-0.2, -0.15) is 0 Å². The zero-order valence-corrected chi connectivity index (χ0v) is 19.2. The molecule has 0 saturated heterocycles. The quantitative estimate of drug-likeness (QED) is 0.442. The van der Waals surface area contributed by atoms with Crippen molar-refractivity contribution in [2.45, 2.75) is 130 Å². The Morgan fingerprint density at radius 3 is 2.29 bits per heavy atom. The summed E-state index contributed by atoms with van der Waals surface area (Å²) in [6.45, 7) is 7.66. The van der Waals surface area contributed by atoms with Crippen LogP contribution in [0.3, 0.4) is 0 Å². The second-order valence-electron chi connectivity index (χ2n) is 12.0. The highest BCUT2D eigenvalue weighted by atomic mass is 16.3. The van der Waals surface area contributed by atoms with Gasteiger partial charge in [-0.3, -0.25) is 0 Å². The van der Waals surface area contributed by atoms with E-state index in [4.69, 9.17) is 0 Å². The lowest BCUT2D eigenvalue weighted by Gasteiger charge is -2.61. The Balaban J connectivity index is 1.37. The van der Waals surface area contributed by atoms with Crippen molar-refractivity contribution >= 4 is 0 Å². The van der Waals surface area contributed by atoms with Crippen LogP contribution in [0.25, 0.3) is 0 Å². The Kier molecular flexibility index (Phi) is 6.51. The maximum absolute atomic E-state index is 10.2. The van der Waals surface area contributed by atoms with E-state index in [1.807, 2.05) is 0 Å². The van der Waals surface area contributed by atoms with E-state index in [1.54, 1.807) is 0 Å². The van der Waals surface area contributed by atoms with E-state index < -0.39 is 0 Å². The minimum atomic E-state index is -0.00308. The molecule has 0 aromatic rings. The van der Waals surface area contributed by atoms with E-state index in [9.17, 15) is 5.11 Å². The van der Waals surface area contributed by atoms with Crippen molar-refractivity contribution in [1.29, 1.82) is 0 Å². The van der Waals surface area contributed by atoms with E-state index in [2.05, 4.69) is 20.8 Å². The van der Waals surface area contributed by atoms with Gasteiger partial charge in [0.2, 0.25) is 0 Å². The van der Waals surface area contributed by atoms with Crippen LogP contribution in [0.4, 0.5) is 0 Å². The predicted octanol–water partition coefficient (Wildman–Crippen LogP) is 7.76. The summed E-state index contributed by atoms with van der Waals surface area (Å²) in [4.78, 5) is 0. The molecule has 4 aliphatic rings. The first-order chi connectivity index (χ1) is 13.5. The third-order valence-corrected chi connectivity index (χ3v) is 10.7. The molecule has 4 rings (SSSR count). The average molecular weight is 389 g/mol. The molecule has 4 saturated carbocycles. The van der Waals surface area contributed by atoms with Crippen LogP contribution in [0.5, 0.6) is 0 Å². The van der Waals surface area contributed by atoms with Crippen LogP contribution in [0.1, 0.15) is 124 Å². The molecule has 0 bridgehead atoms. The Bertz CT molecular complexity index is 514. The van der Waals surface area contributed by atoms with Gasteiger partial charge in [0.05, 0.1) is 6.10 Å². The van der Waals surface area contributed by atoms with Gasteiger partial charge in [-0.15, -0.1) is 0 Å². The van der Waals surface area contributed by atoms with E-state index >= 15 is 0 Å². The SMILES string of the molecule is CCCCCCCCC1CCC2C3CCC4C[C@@H](O)CC[C@]4(C)C3CC[C@]12C. The molecular weight excluding hydrogens is 340 g/mol. The van der Waals surface area contributed by atoms with Crippen molar-refractivity contribution < 1.29 is 5.11 Å². The molecule has 4 aliphatic carbocycles. The number of aliphatic hydroxyl groups is 1. The molecule has 1 heteroatoms. The number of fused-ring (bicyclic) bond motifs is 5. The molecule has 0 aliphatic heterocycles. The molecule has 162 valence electrons. The van der Waals surface area contributed by atoms with Crippen molar-refractivity contribution in [1.82, 2.24) is 0 Å². The van der Waals surface area contributed by atoms with Crippen LogP contribution in [-0.2, 0) is 0 Å². The number of hydrogen-bond acceptors (Lipinski definition) is 1. The first-order valence-corrected chi connectivity index (χ1v) is 13.2. The maximum atomic E-state index is 10.2. The lowest BCUT2D eigenvalue weighted by atomic mass is 9.44. The van der Waals surface area contributed by atoms with E-state index in [1.165, 1.54) is 89.9 Å². The number of aliphatic hydroxyl groups excluding tert-OH is 1. The summed E-state index contributed by atoms with van der Waals surface area (Å²) in [6.07, 6.45) is 22.6. The normalized spacial score (nSPS) is 48.0. The molecule has 5 unspecified atom stereocenters. The zero-order valence-electron chi connectivity index (χ0n) is 19.2. The molecular formula is C27H48O. The van der Waals surface area contributed by atoms with Crippen LogP contribution in [0.15, 0.2) is 0 Å². The highest BCUT2D eigenvalue weighted by Crippen LogP contribution is 2.67. The van der Waals surface area contributed by atoms with Gasteiger partial charge in [0.15, 0.2) is 0 Å². The fourth-order valence-electron chi connectivity index (χ4n) is 8.99. The summed E-state index contributed by atoms with van der Waals surface area (Å²) in [5, 5.41) is 10.2. The highest BCUT2D eigenvalue weighted by Gasteiger charge is 2.59. The molecule has 0 spiro atoms. The Labute approximate surface area is 175 Å². The van der Waals surface area contributed by atoms with Crippen LogP contribution >= 0.6 is 0 Å². The van der Waals surface area contributed by atoms with Crippen LogP contribution in [-0.4, -0.2) is 11.2 Å². The monoisotopic (exact) mass is 388 g/mol. The van der Waals surface area contributed by atoms with Gasteiger partial charge in [-0.25, -0.2) is 0 Å². The molecule has 0 aromatic heterocycles. The Morgan fingerprint density at radius 1 is 0.750 bits per heavy atom. The van der Waals surface area contributed by atoms with Gasteiger partial charge in [0.1, 0.15) is 0 Å². The van der Waals surface area contributed by atoms with Gasteiger partial charge >= 0.3 is 0 Å². The molecule has 0 aromatic carbocycles. The third kappa shape index (κ3) is 3.72. The van der Waals surface area contributed by atoms with E-state index in [-0.39, 0.29) is 6.10 Å². The first kappa shape index (κ1) is 21.2. The third-order valence-electron chi connectivity index (χ3n) is 10.7. The standard InChI is InChI=1S/C27H48O/c1-4-5-6-7-8-9-10-20-12-14-24-23-13-11-21-19-22(28)15-17-27(21,3)25(23)16-18-26(20,24)2/h20-25,28H,4-19H2,1-3H3/t20?,21?,22-,23?,24?,25?,26+,27-/m0/s1. The van der Waals surface area contributed by atoms with Gasteiger partial charge in [0, 0.05) is 0 Å². The van der Waals surface area contributed by atoms with E-state index in [0.29, 0.717) is 10.8 Å². The van der Waals surface area contributed by atoms with Crippen LogP contribution < -0.4 is 0 Å². The van der Waals surface area contributed by atoms with Crippen molar-refractivity contribution in [3.05, 3.63) is 0 Å². The Hall–Kier alpha value is -0.0400. The molecule has 4 fully saturated rings. The second-order valence-corrected chi connectivity index (χ2v) is 12.0. The molecule has 28 heavy (non-hydrogen) atoms. The van der Waals surface area contributed by atoms with Crippen molar-refractivity contribution in [3.8, 4) is 0 Å². The average Bonchev–Trinajstić information content (AvgIpc) is 3.01. The molecule has 0 amide bonds. The predicted molar refractivity (Wildman–Crippen MR) is 119 cm³/mol. The maximum Gasteiger partial charge on any atom is 0.0543 e. The summed E-state index contributed by atoms with van der Waals surface area (Å²) in [5.41, 5.74) is 1.20. The van der Waals surface area contributed by atoms with Gasteiger partial charge in [-0.05, 0) is 105 Å². The highest BCUT2D eigenvalue weighted by molar-refractivity contribution is 5.09. The summed E-state index contributed by atoms with van der Waals surface area (Å²) >= 11 is 0. The largest absolute Gasteiger partial charge is 0.393 e. The number of hydrogen-bond donors (Lipinski definition) is 1. The van der Waals surface area contributed by atoms with Gasteiger partial charge in [-0.1, -0.05) is 59.3 Å². The number of unbranched alkanes of at least 4 members (excludes halogenated alkanes) is 5. The number of rotatable bonds is 7. The smallest absolute Gasteiger partial charge is 0.0543 e. The summed E-state index contributed by atoms with van der Waals surface area (Å²) in [5.74, 6) is 4.81. The summed E-state index contributed by atoms with van der Waals surface area (Å²) in [6, 6.07) is 0. The van der Waals surface area contributed by atoms with Gasteiger partial charge < -0.3 is 5.11 Å². The molecule has 0 heterocycles. The Morgan fingerprint density at radius 2 is 1.46 bits per heavy atom. The summed E-state index contributed by atoms with van der Waals surface area (Å²) in [7, 11) is 0. The zero-order chi connectivity index (χ0) is 19.8. The minimum Gasteiger partial charge on any atom is -0.393 e. The van der Waals surface area contributed by atoms with Crippen molar-refractivity contribution in [3.63, 3.8) is 0 Å². The first-order valence-electron chi connectivity index (χ1n) is 13.2. The van der Waals surface area contributed by atoms with Crippen LogP contribution in [0.2, 0.25) is 0 Å².